The number of aromatic nitrogens is 2. The molecule has 33 heavy (non-hydrogen) atoms. The van der Waals surface area contributed by atoms with E-state index in [1.54, 1.807) is 17.0 Å². The van der Waals surface area contributed by atoms with E-state index in [1.165, 1.54) is 0 Å². The normalized spacial score (nSPS) is 21.2. The quantitative estimate of drug-likeness (QED) is 0.610. The first-order chi connectivity index (χ1) is 15.5. The minimum Gasteiger partial charge on any atom is -0.475 e. The number of aryl methyl sites for hydroxylation is 1. The van der Waals surface area contributed by atoms with E-state index < -0.39 is 22.0 Å². The largest absolute Gasteiger partial charge is 0.490 e. The molecule has 12 heteroatoms. The molecule has 2 unspecified atom stereocenters. The lowest BCUT2D eigenvalue weighted by atomic mass is 9.96. The van der Waals surface area contributed by atoms with Gasteiger partial charge in [0.1, 0.15) is 5.76 Å². The van der Waals surface area contributed by atoms with Gasteiger partial charge >= 0.3 is 12.1 Å². The Balaban J connectivity index is 0.000000325. The van der Waals surface area contributed by atoms with Crippen LogP contribution in [0.3, 0.4) is 0 Å². The van der Waals surface area contributed by atoms with Crippen molar-refractivity contribution >= 4 is 15.8 Å². The molecule has 1 fully saturated rings. The van der Waals surface area contributed by atoms with Crippen LogP contribution in [0.5, 0.6) is 0 Å². The summed E-state index contributed by atoms with van der Waals surface area (Å²) in [5.41, 5.74) is 2.96. The molecule has 176 valence electrons. The van der Waals surface area contributed by atoms with Gasteiger partial charge in [-0.15, -0.1) is 0 Å². The highest BCUT2D eigenvalue weighted by molar-refractivity contribution is 7.92. The van der Waals surface area contributed by atoms with Crippen LogP contribution in [0.4, 0.5) is 13.2 Å². The highest BCUT2D eigenvalue weighted by Gasteiger charge is 2.50. The molecule has 3 aromatic rings. The van der Waals surface area contributed by atoms with E-state index in [4.69, 9.17) is 14.3 Å². The van der Waals surface area contributed by atoms with Crippen LogP contribution in [0.1, 0.15) is 17.0 Å². The Labute approximate surface area is 187 Å². The third-order valence-electron chi connectivity index (χ3n) is 5.67. The summed E-state index contributed by atoms with van der Waals surface area (Å²) in [5, 5.41) is 11.0. The SMILES string of the molecule is Cn1cc(CN2CC3c4cc(-c5ccco5)ccc4S(=O)(=O)C3C2)cn1.O=C(O)C(F)(F)F. The molecule has 2 aliphatic heterocycles. The lowest BCUT2D eigenvalue weighted by Gasteiger charge is -2.16. The van der Waals surface area contributed by atoms with Crippen molar-refractivity contribution in [2.45, 2.75) is 28.8 Å². The fourth-order valence-electron chi connectivity index (χ4n) is 4.26. The lowest BCUT2D eigenvalue weighted by Crippen LogP contribution is -2.25. The molecular weight excluding hydrogens is 463 g/mol. The van der Waals surface area contributed by atoms with Gasteiger partial charge in [0.25, 0.3) is 0 Å². The van der Waals surface area contributed by atoms with Gasteiger partial charge in [-0.3, -0.25) is 9.58 Å². The van der Waals surface area contributed by atoms with Crippen LogP contribution < -0.4 is 0 Å². The van der Waals surface area contributed by atoms with Gasteiger partial charge in [0, 0.05) is 49.9 Å². The summed E-state index contributed by atoms with van der Waals surface area (Å²) < 4.78 is 65.0. The van der Waals surface area contributed by atoms with E-state index in [0.717, 1.165) is 35.5 Å². The predicted octanol–water partition coefficient (Wildman–Crippen LogP) is 3.07. The Kier molecular flexibility index (Phi) is 5.83. The molecular formula is C21H20F3N3O5S. The maximum absolute atomic E-state index is 13.0. The van der Waals surface area contributed by atoms with Gasteiger partial charge in [-0.2, -0.15) is 18.3 Å². The van der Waals surface area contributed by atoms with Crippen molar-refractivity contribution in [2.75, 3.05) is 13.1 Å². The van der Waals surface area contributed by atoms with Gasteiger partial charge < -0.3 is 9.52 Å². The fraction of sp³-hybridized carbons (Fsp3) is 0.333. The molecule has 0 radical (unpaired) electrons. The smallest absolute Gasteiger partial charge is 0.475 e. The number of aliphatic carboxylic acids is 1. The van der Waals surface area contributed by atoms with Crippen LogP contribution in [0, 0.1) is 0 Å². The Morgan fingerprint density at radius 3 is 2.58 bits per heavy atom. The third-order valence-corrected chi connectivity index (χ3v) is 7.93. The minimum absolute atomic E-state index is 0.0154. The molecule has 5 rings (SSSR count). The van der Waals surface area contributed by atoms with Crippen LogP contribution in [0.2, 0.25) is 0 Å². The van der Waals surface area contributed by atoms with Crippen molar-refractivity contribution in [3.05, 3.63) is 60.1 Å². The Hall–Kier alpha value is -3.12. The number of carbonyl (C=O) groups is 1. The average molecular weight is 483 g/mol. The number of hydrogen-bond acceptors (Lipinski definition) is 6. The topological polar surface area (TPSA) is 106 Å². The molecule has 1 aromatic carbocycles. The van der Waals surface area contributed by atoms with Crippen LogP contribution in [-0.4, -0.2) is 58.7 Å². The standard InChI is InChI=1S/C19H19N3O3S.C2HF3O2/c1-21-9-13(8-20-21)10-22-11-16-15-7-14(17-3-2-6-25-17)4-5-18(15)26(23,24)19(16)12-22;3-2(4,5)1(6)7/h2-9,16,19H,10-12H2,1H3;(H,6,7). The fourth-order valence-corrected chi connectivity index (χ4v) is 6.46. The van der Waals surface area contributed by atoms with E-state index in [1.807, 2.05) is 43.7 Å². The number of nitrogens with zero attached hydrogens (tertiary/aromatic N) is 3. The number of halogens is 3. The van der Waals surface area contributed by atoms with Gasteiger partial charge in [0.05, 0.1) is 22.6 Å². The van der Waals surface area contributed by atoms with Crippen LogP contribution in [0.15, 0.2) is 58.3 Å². The molecule has 0 aliphatic carbocycles. The van der Waals surface area contributed by atoms with E-state index in [-0.39, 0.29) is 11.2 Å². The van der Waals surface area contributed by atoms with Crippen molar-refractivity contribution in [1.82, 2.24) is 14.7 Å². The zero-order valence-corrected chi connectivity index (χ0v) is 18.2. The van der Waals surface area contributed by atoms with E-state index in [9.17, 15) is 21.6 Å². The summed E-state index contributed by atoms with van der Waals surface area (Å²) in [4.78, 5) is 11.6. The molecule has 0 bridgehead atoms. The molecule has 2 atom stereocenters. The number of alkyl halides is 3. The van der Waals surface area contributed by atoms with E-state index in [0.29, 0.717) is 11.4 Å². The molecule has 0 amide bonds. The first kappa shape index (κ1) is 23.1. The highest BCUT2D eigenvalue weighted by atomic mass is 32.2. The molecule has 2 aromatic heterocycles. The summed E-state index contributed by atoms with van der Waals surface area (Å²) in [7, 11) is -1.39. The number of furan rings is 1. The van der Waals surface area contributed by atoms with Gasteiger partial charge in [-0.1, -0.05) is 0 Å². The molecule has 4 heterocycles. The number of carboxylic acid groups (broad SMARTS) is 1. The Morgan fingerprint density at radius 2 is 2.00 bits per heavy atom. The number of likely N-dealkylation sites (tertiary alicyclic amines) is 1. The molecule has 1 saturated heterocycles. The average Bonchev–Trinajstić information content (AvgIpc) is 3.50. The van der Waals surface area contributed by atoms with Crippen LogP contribution in [0.25, 0.3) is 11.3 Å². The Morgan fingerprint density at radius 1 is 1.27 bits per heavy atom. The monoisotopic (exact) mass is 483 g/mol. The highest BCUT2D eigenvalue weighted by Crippen LogP contribution is 2.46. The van der Waals surface area contributed by atoms with Crippen molar-refractivity contribution in [1.29, 1.82) is 0 Å². The maximum Gasteiger partial charge on any atom is 0.490 e. The lowest BCUT2D eigenvalue weighted by molar-refractivity contribution is -0.192. The molecule has 0 spiro atoms. The van der Waals surface area contributed by atoms with Gasteiger partial charge in [-0.05, 0) is 35.9 Å². The molecule has 8 nitrogen and oxygen atoms in total. The van der Waals surface area contributed by atoms with Gasteiger partial charge in [0.15, 0.2) is 9.84 Å². The molecule has 2 aliphatic rings. The van der Waals surface area contributed by atoms with Crippen molar-refractivity contribution < 1.29 is 35.9 Å². The molecule has 1 N–H and O–H groups in total. The maximum atomic E-state index is 13.0. The van der Waals surface area contributed by atoms with Crippen molar-refractivity contribution in [2.24, 2.45) is 7.05 Å². The summed E-state index contributed by atoms with van der Waals surface area (Å²) in [6.45, 7) is 2.03. The minimum atomic E-state index is -5.08. The van der Waals surface area contributed by atoms with Gasteiger partial charge in [-0.25, -0.2) is 13.2 Å². The zero-order valence-electron chi connectivity index (χ0n) is 17.4. The number of sulfone groups is 1. The number of fused-ring (bicyclic) bond motifs is 3. The summed E-state index contributed by atoms with van der Waals surface area (Å²) in [6.07, 6.45) is 0.365. The van der Waals surface area contributed by atoms with Crippen molar-refractivity contribution in [3.8, 4) is 11.3 Å². The van der Waals surface area contributed by atoms with E-state index in [2.05, 4.69) is 10.00 Å². The Bertz CT molecular complexity index is 1270. The van der Waals surface area contributed by atoms with Crippen molar-refractivity contribution in [3.63, 3.8) is 0 Å². The number of hydrogen-bond donors (Lipinski definition) is 1. The van der Waals surface area contributed by atoms with Crippen LogP contribution >= 0.6 is 0 Å². The zero-order chi connectivity index (χ0) is 24.0. The number of benzene rings is 1. The van der Waals surface area contributed by atoms with E-state index >= 15 is 0 Å². The second kappa shape index (κ2) is 8.34. The summed E-state index contributed by atoms with van der Waals surface area (Å²) in [5.74, 6) is -1.98. The number of rotatable bonds is 3. The first-order valence-corrected chi connectivity index (χ1v) is 11.4. The van der Waals surface area contributed by atoms with Gasteiger partial charge in [0.2, 0.25) is 0 Å². The number of carboxylic acids is 1. The summed E-state index contributed by atoms with van der Waals surface area (Å²) >= 11 is 0. The molecule has 0 saturated carbocycles. The van der Waals surface area contributed by atoms with Crippen LogP contribution in [-0.2, 0) is 28.2 Å². The summed E-state index contributed by atoms with van der Waals surface area (Å²) in [6, 6.07) is 9.30. The second-order valence-corrected chi connectivity index (χ2v) is 10.1. The second-order valence-electron chi connectivity index (χ2n) is 7.94. The third kappa shape index (κ3) is 4.53. The predicted molar refractivity (Wildman–Crippen MR) is 110 cm³/mol. The first-order valence-electron chi connectivity index (χ1n) is 9.88.